The molecule has 0 saturated carbocycles. The van der Waals surface area contributed by atoms with Gasteiger partial charge < -0.3 is 19.9 Å². The molecule has 0 saturated heterocycles. The van der Waals surface area contributed by atoms with Gasteiger partial charge in [0.05, 0.1) is 6.04 Å². The second-order valence-electron chi connectivity index (χ2n) is 8.22. The van der Waals surface area contributed by atoms with E-state index in [1.54, 1.807) is 16.2 Å². The first-order valence-corrected chi connectivity index (χ1v) is 11.9. The van der Waals surface area contributed by atoms with Crippen molar-refractivity contribution in [2.45, 2.75) is 39.7 Å². The Morgan fingerprint density at radius 2 is 2.03 bits per heavy atom. The molecule has 3 rings (SSSR count). The monoisotopic (exact) mass is 443 g/mol. The maximum absolute atomic E-state index is 13.4. The molecule has 0 bridgehead atoms. The number of thiophene rings is 1. The minimum absolute atomic E-state index is 0.0338. The van der Waals surface area contributed by atoms with Crippen molar-refractivity contribution in [3.63, 3.8) is 0 Å². The number of nitrogens with one attached hydrogen (secondary N) is 1. The van der Waals surface area contributed by atoms with Crippen molar-refractivity contribution in [2.75, 3.05) is 32.8 Å². The van der Waals surface area contributed by atoms with E-state index >= 15 is 0 Å². The number of ether oxygens (including phenoxy) is 1. The molecule has 1 aromatic heterocycles. The molecule has 31 heavy (non-hydrogen) atoms. The van der Waals surface area contributed by atoms with Crippen LogP contribution in [0.1, 0.15) is 43.7 Å². The van der Waals surface area contributed by atoms with E-state index in [1.807, 2.05) is 42.2 Å². The Morgan fingerprint density at radius 1 is 1.26 bits per heavy atom. The van der Waals surface area contributed by atoms with Crippen molar-refractivity contribution >= 4 is 23.3 Å². The third kappa shape index (κ3) is 6.23. The molecule has 2 aromatic rings. The summed E-state index contributed by atoms with van der Waals surface area (Å²) in [5.74, 6) is 1.22. The molecule has 0 fully saturated rings. The van der Waals surface area contributed by atoms with E-state index in [-0.39, 0.29) is 24.5 Å². The molecule has 0 aliphatic carbocycles. The number of carbonyl (C=O) groups excluding carboxylic acids is 2. The number of benzene rings is 1. The minimum atomic E-state index is -0.179. The molecule has 0 radical (unpaired) electrons. The van der Waals surface area contributed by atoms with Gasteiger partial charge in [-0.25, -0.2) is 4.79 Å². The molecule has 1 aliphatic heterocycles. The molecule has 3 amide bonds. The third-order valence-electron chi connectivity index (χ3n) is 5.48. The Kier molecular flexibility index (Phi) is 8.35. The molecule has 2 heterocycles. The number of urea groups is 1. The molecular formula is C24H33N3O3S. The lowest BCUT2D eigenvalue weighted by Gasteiger charge is -2.37. The van der Waals surface area contributed by atoms with Gasteiger partial charge in [-0.2, -0.15) is 0 Å². The lowest BCUT2D eigenvalue weighted by Crippen LogP contribution is -2.50. The average Bonchev–Trinajstić information content (AvgIpc) is 3.24. The van der Waals surface area contributed by atoms with Gasteiger partial charge in [-0.05, 0) is 54.8 Å². The highest BCUT2D eigenvalue weighted by molar-refractivity contribution is 7.10. The quantitative estimate of drug-likeness (QED) is 0.627. The van der Waals surface area contributed by atoms with E-state index in [2.05, 4.69) is 30.6 Å². The smallest absolute Gasteiger partial charge is 0.317 e. The first-order valence-electron chi connectivity index (χ1n) is 11.1. The minimum Gasteiger partial charge on any atom is -0.491 e. The van der Waals surface area contributed by atoms with Crippen molar-refractivity contribution in [3.8, 4) is 5.75 Å². The number of hydrogen-bond acceptors (Lipinski definition) is 4. The van der Waals surface area contributed by atoms with Crippen LogP contribution >= 0.6 is 11.3 Å². The Hall–Kier alpha value is -2.54. The molecule has 1 unspecified atom stereocenters. The van der Waals surface area contributed by atoms with Crippen LogP contribution in [0.15, 0.2) is 41.8 Å². The van der Waals surface area contributed by atoms with Gasteiger partial charge in [0.25, 0.3) is 0 Å². The zero-order chi connectivity index (χ0) is 22.2. The SMILES string of the molecule is CCNC(=O)N(CCC(C)C)CC(=O)N1CCc2sccc2C1COc1ccccc1. The van der Waals surface area contributed by atoms with E-state index in [4.69, 9.17) is 4.74 Å². The van der Waals surface area contributed by atoms with Gasteiger partial charge in [-0.15, -0.1) is 11.3 Å². The summed E-state index contributed by atoms with van der Waals surface area (Å²) in [5.41, 5.74) is 1.16. The fourth-order valence-corrected chi connectivity index (χ4v) is 4.68. The van der Waals surface area contributed by atoms with Crippen LogP contribution in [0, 0.1) is 5.92 Å². The normalized spacial score (nSPS) is 15.5. The maximum Gasteiger partial charge on any atom is 0.317 e. The van der Waals surface area contributed by atoms with Gasteiger partial charge in [-0.1, -0.05) is 32.0 Å². The summed E-state index contributed by atoms with van der Waals surface area (Å²) >= 11 is 1.73. The molecule has 0 spiro atoms. The molecule has 1 N–H and O–H groups in total. The molecule has 1 atom stereocenters. The van der Waals surface area contributed by atoms with Crippen molar-refractivity contribution < 1.29 is 14.3 Å². The molecule has 7 heteroatoms. The number of rotatable bonds is 9. The van der Waals surface area contributed by atoms with E-state index < -0.39 is 0 Å². The molecule has 6 nitrogen and oxygen atoms in total. The first kappa shape index (κ1) is 23.1. The summed E-state index contributed by atoms with van der Waals surface area (Å²) < 4.78 is 6.04. The zero-order valence-electron chi connectivity index (χ0n) is 18.7. The third-order valence-corrected chi connectivity index (χ3v) is 6.48. The van der Waals surface area contributed by atoms with Crippen LogP contribution in [0.2, 0.25) is 0 Å². The molecule has 1 aromatic carbocycles. The highest BCUT2D eigenvalue weighted by Gasteiger charge is 2.33. The predicted octanol–water partition coefficient (Wildman–Crippen LogP) is 4.33. The summed E-state index contributed by atoms with van der Waals surface area (Å²) in [5, 5.41) is 4.92. The zero-order valence-corrected chi connectivity index (χ0v) is 19.5. The van der Waals surface area contributed by atoms with E-state index in [9.17, 15) is 9.59 Å². The van der Waals surface area contributed by atoms with Crippen LogP contribution in [0.3, 0.4) is 0 Å². The van der Waals surface area contributed by atoms with Crippen LogP contribution in [0.25, 0.3) is 0 Å². The molecule has 168 valence electrons. The van der Waals surface area contributed by atoms with E-state index in [0.29, 0.717) is 32.2 Å². The van der Waals surface area contributed by atoms with Gasteiger partial charge in [0.2, 0.25) is 5.91 Å². The largest absolute Gasteiger partial charge is 0.491 e. The van der Waals surface area contributed by atoms with Crippen LogP contribution in [0.4, 0.5) is 4.79 Å². The van der Waals surface area contributed by atoms with Gasteiger partial charge in [0.15, 0.2) is 0 Å². The Morgan fingerprint density at radius 3 is 2.74 bits per heavy atom. The van der Waals surface area contributed by atoms with Crippen LogP contribution in [-0.2, 0) is 11.2 Å². The van der Waals surface area contributed by atoms with Crippen molar-refractivity contribution in [3.05, 3.63) is 52.2 Å². The Bertz CT molecular complexity index is 853. The number of para-hydroxylation sites is 1. The second kappa shape index (κ2) is 11.2. The highest BCUT2D eigenvalue weighted by atomic mass is 32.1. The van der Waals surface area contributed by atoms with Crippen LogP contribution in [0.5, 0.6) is 5.75 Å². The molecule has 1 aliphatic rings. The highest BCUT2D eigenvalue weighted by Crippen LogP contribution is 2.34. The Balaban J connectivity index is 1.73. The van der Waals surface area contributed by atoms with Crippen LogP contribution in [-0.4, -0.2) is 54.5 Å². The number of carbonyl (C=O) groups is 2. The average molecular weight is 444 g/mol. The molecular weight excluding hydrogens is 410 g/mol. The summed E-state index contributed by atoms with van der Waals surface area (Å²) in [4.78, 5) is 30.8. The van der Waals surface area contributed by atoms with Gasteiger partial charge in [0.1, 0.15) is 18.9 Å². The Labute approximate surface area is 189 Å². The predicted molar refractivity (Wildman–Crippen MR) is 125 cm³/mol. The van der Waals surface area contributed by atoms with Gasteiger partial charge >= 0.3 is 6.03 Å². The number of amides is 3. The van der Waals surface area contributed by atoms with Crippen molar-refractivity contribution in [1.82, 2.24) is 15.1 Å². The maximum atomic E-state index is 13.4. The number of fused-ring (bicyclic) bond motifs is 1. The topological polar surface area (TPSA) is 61.9 Å². The number of nitrogens with zero attached hydrogens (tertiary/aromatic N) is 2. The summed E-state index contributed by atoms with van der Waals surface area (Å²) in [6.45, 7) is 8.36. The number of hydrogen-bond donors (Lipinski definition) is 1. The summed E-state index contributed by atoms with van der Waals surface area (Å²) in [6.07, 6.45) is 1.70. The summed E-state index contributed by atoms with van der Waals surface area (Å²) in [6, 6.07) is 11.4. The van der Waals surface area contributed by atoms with Crippen LogP contribution < -0.4 is 10.1 Å². The lowest BCUT2D eigenvalue weighted by molar-refractivity contribution is -0.135. The lowest BCUT2D eigenvalue weighted by atomic mass is 10.0. The van der Waals surface area contributed by atoms with Crippen molar-refractivity contribution in [2.24, 2.45) is 5.92 Å². The van der Waals surface area contributed by atoms with Gasteiger partial charge in [0, 0.05) is 24.5 Å². The summed E-state index contributed by atoms with van der Waals surface area (Å²) in [7, 11) is 0. The first-order chi connectivity index (χ1) is 15.0. The van der Waals surface area contributed by atoms with Crippen molar-refractivity contribution in [1.29, 1.82) is 0 Å². The van der Waals surface area contributed by atoms with E-state index in [0.717, 1.165) is 24.2 Å². The fourth-order valence-electron chi connectivity index (χ4n) is 3.75. The fraction of sp³-hybridized carbons (Fsp3) is 0.500. The van der Waals surface area contributed by atoms with E-state index in [1.165, 1.54) is 4.88 Å². The second-order valence-corrected chi connectivity index (χ2v) is 9.22. The standard InChI is InChI=1S/C24H33N3O3S/c1-4-25-24(29)26(13-10-18(2)3)16-23(28)27-14-11-22-20(12-15-31-22)21(27)17-30-19-8-6-5-7-9-19/h5-9,12,15,18,21H,4,10-11,13-14,16-17H2,1-3H3,(H,25,29). The van der Waals surface area contributed by atoms with Gasteiger partial charge in [-0.3, -0.25) is 4.79 Å².